The molecule has 0 atom stereocenters. The standard InChI is InChI=1S/C25H30N2O4/c1-16-11-20-15-21(26-25(28)23(20)22(12-16)29-4)19-13-17(2)24(18(3)14-19)31-10-7-27-5-8-30-9-6-27/h11-15H,5-10H2,1-4H3,(H,26,28). The Labute approximate surface area is 182 Å². The summed E-state index contributed by atoms with van der Waals surface area (Å²) in [6.45, 7) is 11.1. The third-order valence-electron chi connectivity index (χ3n) is 5.80. The topological polar surface area (TPSA) is 63.8 Å². The number of nitrogens with one attached hydrogen (secondary N) is 1. The van der Waals surface area contributed by atoms with Crippen LogP contribution in [0.15, 0.2) is 35.1 Å². The summed E-state index contributed by atoms with van der Waals surface area (Å²) in [5.41, 5.74) is 4.77. The molecule has 0 spiro atoms. The second-order valence-corrected chi connectivity index (χ2v) is 8.19. The summed E-state index contributed by atoms with van der Waals surface area (Å²) in [7, 11) is 1.59. The van der Waals surface area contributed by atoms with Crippen LogP contribution in [0.2, 0.25) is 0 Å². The number of hydrogen-bond acceptors (Lipinski definition) is 5. The summed E-state index contributed by atoms with van der Waals surface area (Å²) in [6, 6.07) is 10.1. The van der Waals surface area contributed by atoms with Gasteiger partial charge in [-0.3, -0.25) is 9.69 Å². The first-order valence-electron chi connectivity index (χ1n) is 10.7. The van der Waals surface area contributed by atoms with E-state index < -0.39 is 0 Å². The Morgan fingerprint density at radius 3 is 2.42 bits per heavy atom. The van der Waals surface area contributed by atoms with Gasteiger partial charge in [-0.15, -0.1) is 0 Å². The maximum atomic E-state index is 12.8. The third kappa shape index (κ3) is 4.60. The van der Waals surface area contributed by atoms with Crippen LogP contribution in [-0.2, 0) is 4.74 Å². The molecule has 0 bridgehead atoms. The van der Waals surface area contributed by atoms with Crippen molar-refractivity contribution in [3.63, 3.8) is 0 Å². The first kappa shape index (κ1) is 21.4. The summed E-state index contributed by atoms with van der Waals surface area (Å²) in [5.74, 6) is 1.51. The molecule has 1 N–H and O–H groups in total. The molecule has 0 amide bonds. The second-order valence-electron chi connectivity index (χ2n) is 8.19. The molecule has 0 aliphatic carbocycles. The SMILES string of the molecule is COc1cc(C)cc2cc(-c3cc(C)c(OCCN4CCOCC4)c(C)c3)[nH]c(=O)c12. The van der Waals surface area contributed by atoms with Crippen molar-refractivity contribution in [2.45, 2.75) is 20.8 Å². The van der Waals surface area contributed by atoms with Gasteiger partial charge in [-0.05, 0) is 72.7 Å². The molecular formula is C25H30N2O4. The van der Waals surface area contributed by atoms with E-state index in [4.69, 9.17) is 14.2 Å². The molecule has 2 heterocycles. The highest BCUT2D eigenvalue weighted by Gasteiger charge is 2.14. The predicted molar refractivity (Wildman–Crippen MR) is 124 cm³/mol. The van der Waals surface area contributed by atoms with E-state index in [2.05, 4.69) is 22.0 Å². The number of benzene rings is 2. The van der Waals surface area contributed by atoms with E-state index in [1.54, 1.807) is 7.11 Å². The molecular weight excluding hydrogens is 392 g/mol. The summed E-state index contributed by atoms with van der Waals surface area (Å²) < 4.78 is 17.0. The highest BCUT2D eigenvalue weighted by molar-refractivity contribution is 5.90. The van der Waals surface area contributed by atoms with Gasteiger partial charge < -0.3 is 19.2 Å². The van der Waals surface area contributed by atoms with Crippen molar-refractivity contribution in [2.24, 2.45) is 0 Å². The van der Waals surface area contributed by atoms with Gasteiger partial charge in [0.25, 0.3) is 5.56 Å². The van der Waals surface area contributed by atoms with E-state index in [0.29, 0.717) is 17.7 Å². The van der Waals surface area contributed by atoms with E-state index in [-0.39, 0.29) is 5.56 Å². The highest BCUT2D eigenvalue weighted by Crippen LogP contribution is 2.31. The Morgan fingerprint density at radius 2 is 1.74 bits per heavy atom. The molecule has 1 aliphatic heterocycles. The normalized spacial score (nSPS) is 14.7. The Morgan fingerprint density at radius 1 is 1.03 bits per heavy atom. The zero-order valence-electron chi connectivity index (χ0n) is 18.7. The molecule has 6 nitrogen and oxygen atoms in total. The van der Waals surface area contributed by atoms with E-state index in [1.165, 1.54) is 0 Å². The number of aromatic nitrogens is 1. The summed E-state index contributed by atoms with van der Waals surface area (Å²) >= 11 is 0. The fourth-order valence-corrected chi connectivity index (χ4v) is 4.27. The van der Waals surface area contributed by atoms with Crippen LogP contribution in [0.5, 0.6) is 11.5 Å². The number of aromatic amines is 1. The number of H-pyrrole nitrogens is 1. The molecule has 2 aromatic carbocycles. The fourth-order valence-electron chi connectivity index (χ4n) is 4.27. The van der Waals surface area contributed by atoms with E-state index in [1.807, 2.05) is 39.0 Å². The molecule has 31 heavy (non-hydrogen) atoms. The molecule has 1 aromatic heterocycles. The van der Waals surface area contributed by atoms with Gasteiger partial charge in [-0.1, -0.05) is 6.07 Å². The lowest BCUT2D eigenvalue weighted by atomic mass is 10.0. The number of aryl methyl sites for hydroxylation is 3. The van der Waals surface area contributed by atoms with Crippen LogP contribution in [0.1, 0.15) is 16.7 Å². The Hall–Kier alpha value is -2.83. The predicted octanol–water partition coefficient (Wildman–Crippen LogP) is 3.84. The number of methoxy groups -OCH3 is 1. The fraction of sp³-hybridized carbons (Fsp3) is 0.400. The quantitative estimate of drug-likeness (QED) is 0.654. The average Bonchev–Trinajstić information content (AvgIpc) is 2.75. The molecule has 1 aliphatic rings. The van der Waals surface area contributed by atoms with Gasteiger partial charge in [0.15, 0.2) is 0 Å². The molecule has 4 rings (SSSR count). The zero-order chi connectivity index (χ0) is 22.0. The molecule has 164 valence electrons. The lowest BCUT2D eigenvalue weighted by molar-refractivity contribution is 0.0322. The minimum absolute atomic E-state index is 0.148. The van der Waals surface area contributed by atoms with Crippen molar-refractivity contribution < 1.29 is 14.2 Å². The smallest absolute Gasteiger partial charge is 0.260 e. The molecule has 0 unspecified atom stereocenters. The molecule has 3 aromatic rings. The van der Waals surface area contributed by atoms with Crippen molar-refractivity contribution in [2.75, 3.05) is 46.6 Å². The maximum Gasteiger partial charge on any atom is 0.260 e. The van der Waals surface area contributed by atoms with Gasteiger partial charge in [0, 0.05) is 25.3 Å². The van der Waals surface area contributed by atoms with Crippen molar-refractivity contribution in [3.8, 4) is 22.8 Å². The van der Waals surface area contributed by atoms with Crippen LogP contribution in [0, 0.1) is 20.8 Å². The number of fused-ring (bicyclic) bond motifs is 1. The largest absolute Gasteiger partial charge is 0.496 e. The van der Waals surface area contributed by atoms with Gasteiger partial charge >= 0.3 is 0 Å². The lowest BCUT2D eigenvalue weighted by Crippen LogP contribution is -2.38. The Bertz CT molecular complexity index is 1120. The molecule has 0 saturated carbocycles. The Kier molecular flexibility index (Phi) is 6.30. The highest BCUT2D eigenvalue weighted by atomic mass is 16.5. The lowest BCUT2D eigenvalue weighted by Gasteiger charge is -2.26. The number of morpholine rings is 1. The van der Waals surface area contributed by atoms with Crippen molar-refractivity contribution in [1.82, 2.24) is 9.88 Å². The molecule has 1 saturated heterocycles. The molecule has 1 fully saturated rings. The van der Waals surface area contributed by atoms with Gasteiger partial charge in [-0.25, -0.2) is 0 Å². The van der Waals surface area contributed by atoms with E-state index in [0.717, 1.165) is 71.9 Å². The monoisotopic (exact) mass is 422 g/mol. The first-order chi connectivity index (χ1) is 15.0. The minimum atomic E-state index is -0.148. The number of rotatable bonds is 6. The zero-order valence-corrected chi connectivity index (χ0v) is 18.7. The Balaban J connectivity index is 1.60. The minimum Gasteiger partial charge on any atom is -0.496 e. The van der Waals surface area contributed by atoms with Crippen molar-refractivity contribution in [3.05, 3.63) is 57.4 Å². The van der Waals surface area contributed by atoms with Crippen LogP contribution >= 0.6 is 0 Å². The number of nitrogens with zero attached hydrogens (tertiary/aromatic N) is 1. The van der Waals surface area contributed by atoms with Crippen LogP contribution in [-0.4, -0.2) is 56.4 Å². The van der Waals surface area contributed by atoms with Crippen LogP contribution in [0.4, 0.5) is 0 Å². The number of hydrogen-bond donors (Lipinski definition) is 1. The van der Waals surface area contributed by atoms with Crippen LogP contribution in [0.3, 0.4) is 0 Å². The van der Waals surface area contributed by atoms with Gasteiger partial charge in [0.05, 0.1) is 25.7 Å². The van der Waals surface area contributed by atoms with E-state index in [9.17, 15) is 4.79 Å². The number of pyridine rings is 1. The van der Waals surface area contributed by atoms with Crippen molar-refractivity contribution in [1.29, 1.82) is 0 Å². The maximum absolute atomic E-state index is 12.8. The van der Waals surface area contributed by atoms with Crippen molar-refractivity contribution >= 4 is 10.8 Å². The molecule has 0 radical (unpaired) electrons. The van der Waals surface area contributed by atoms with Gasteiger partial charge in [0.1, 0.15) is 18.1 Å². The van der Waals surface area contributed by atoms with E-state index >= 15 is 0 Å². The summed E-state index contributed by atoms with van der Waals surface area (Å²) in [5, 5.41) is 1.45. The van der Waals surface area contributed by atoms with Gasteiger partial charge in [-0.2, -0.15) is 0 Å². The average molecular weight is 423 g/mol. The van der Waals surface area contributed by atoms with Crippen LogP contribution in [0.25, 0.3) is 22.0 Å². The third-order valence-corrected chi connectivity index (χ3v) is 5.80. The summed E-state index contributed by atoms with van der Waals surface area (Å²) in [6.07, 6.45) is 0. The van der Waals surface area contributed by atoms with Gasteiger partial charge in [0.2, 0.25) is 0 Å². The first-order valence-corrected chi connectivity index (χ1v) is 10.7. The molecule has 6 heteroatoms. The second kappa shape index (κ2) is 9.12. The summed E-state index contributed by atoms with van der Waals surface area (Å²) in [4.78, 5) is 18.2. The van der Waals surface area contributed by atoms with Crippen LogP contribution < -0.4 is 15.0 Å². The number of ether oxygens (including phenoxy) is 3.